The highest BCUT2D eigenvalue weighted by Crippen LogP contribution is 2.39. The minimum absolute atomic E-state index is 0.0662. The molecule has 158 valence electrons. The summed E-state index contributed by atoms with van der Waals surface area (Å²) in [5.74, 6) is 1.96. The molecule has 2 amide bonds. The third kappa shape index (κ3) is 3.91. The summed E-state index contributed by atoms with van der Waals surface area (Å²) in [5.41, 5.74) is 3.47. The predicted octanol–water partition coefficient (Wildman–Crippen LogP) is 2.59. The van der Waals surface area contributed by atoms with E-state index in [4.69, 9.17) is 14.7 Å². The molecule has 1 aromatic heterocycles. The lowest BCUT2D eigenvalue weighted by molar-refractivity contribution is 0.122. The Balaban J connectivity index is 1.43. The normalized spacial score (nSPS) is 23.2. The van der Waals surface area contributed by atoms with Crippen molar-refractivity contribution < 1.29 is 13.7 Å². The molecule has 2 N–H and O–H groups in total. The zero-order valence-corrected chi connectivity index (χ0v) is 17.7. The van der Waals surface area contributed by atoms with Crippen LogP contribution in [0.1, 0.15) is 36.3 Å². The Morgan fingerprint density at radius 3 is 2.60 bits per heavy atom. The van der Waals surface area contributed by atoms with Gasteiger partial charge in [0.25, 0.3) is 0 Å². The van der Waals surface area contributed by atoms with Crippen molar-refractivity contribution in [2.24, 2.45) is 0 Å². The van der Waals surface area contributed by atoms with Crippen LogP contribution in [0.15, 0.2) is 24.3 Å². The lowest BCUT2D eigenvalue weighted by atomic mass is 10.1. The van der Waals surface area contributed by atoms with Crippen LogP contribution in [0.5, 0.6) is 0 Å². The number of fused-ring (bicyclic) bond motifs is 1. The van der Waals surface area contributed by atoms with Gasteiger partial charge in [0, 0.05) is 46.7 Å². The Morgan fingerprint density at radius 2 is 1.90 bits per heavy atom. The maximum absolute atomic E-state index is 12.5. The second kappa shape index (κ2) is 7.96. The molecule has 2 atom stereocenters. The second-order valence-electron chi connectivity index (χ2n) is 7.95. The van der Waals surface area contributed by atoms with Gasteiger partial charge in [-0.05, 0) is 44.0 Å². The highest BCUT2D eigenvalue weighted by atomic mass is 32.2. The first kappa shape index (κ1) is 19.4. The molecule has 3 heterocycles. The summed E-state index contributed by atoms with van der Waals surface area (Å²) in [6, 6.07) is 7.67. The minimum Gasteiger partial charge on any atom is -0.378 e. The molecule has 1 saturated carbocycles. The van der Waals surface area contributed by atoms with Gasteiger partial charge in [0.1, 0.15) is 5.82 Å². The van der Waals surface area contributed by atoms with Crippen LogP contribution >= 0.6 is 0 Å². The number of rotatable bonds is 4. The number of nitrogens with zero attached hydrogens (tertiary/aromatic N) is 3. The molecule has 8 nitrogen and oxygen atoms in total. The number of carbonyl (C=O) groups is 1. The number of ether oxygens (including phenoxy) is 1. The van der Waals surface area contributed by atoms with E-state index < -0.39 is 10.8 Å². The van der Waals surface area contributed by atoms with Gasteiger partial charge in [0.15, 0.2) is 5.82 Å². The molecule has 2 fully saturated rings. The van der Waals surface area contributed by atoms with Gasteiger partial charge >= 0.3 is 6.03 Å². The molecular formula is C21H25N5O3S. The van der Waals surface area contributed by atoms with Crippen molar-refractivity contribution in [3.63, 3.8) is 0 Å². The first-order valence-electron chi connectivity index (χ1n) is 10.4. The Labute approximate surface area is 177 Å². The Bertz CT molecular complexity index is 987. The van der Waals surface area contributed by atoms with Gasteiger partial charge in [-0.3, -0.25) is 4.21 Å². The van der Waals surface area contributed by atoms with E-state index in [0.717, 1.165) is 54.3 Å². The molecule has 1 aliphatic carbocycles. The average Bonchev–Trinajstić information content (AvgIpc) is 3.52. The van der Waals surface area contributed by atoms with Crippen LogP contribution in [-0.2, 0) is 21.3 Å². The van der Waals surface area contributed by atoms with Gasteiger partial charge in [-0.15, -0.1) is 0 Å². The van der Waals surface area contributed by atoms with E-state index in [2.05, 4.69) is 15.5 Å². The number of benzene rings is 1. The molecule has 1 aromatic carbocycles. The van der Waals surface area contributed by atoms with Crippen molar-refractivity contribution in [2.75, 3.05) is 36.5 Å². The smallest absolute Gasteiger partial charge is 0.319 e. The molecule has 0 spiro atoms. The fourth-order valence-electron chi connectivity index (χ4n) is 3.85. The number of anilines is 2. The largest absolute Gasteiger partial charge is 0.378 e. The number of urea groups is 1. The molecule has 2 aromatic rings. The standard InChI is InChI=1S/C21H25N5O3S/c1-13-18-17(12-30(13)28)24-19(25-20(18)26-8-10-29-11-9-26)14-2-4-15(5-3-14)22-21(27)23-16-6-7-16/h2-5,13,16H,6-12H2,1H3,(H2,22,23,27). The summed E-state index contributed by atoms with van der Waals surface area (Å²) < 4.78 is 18.0. The molecule has 1 saturated heterocycles. The van der Waals surface area contributed by atoms with E-state index >= 15 is 0 Å². The lowest BCUT2D eigenvalue weighted by Gasteiger charge is -2.30. The van der Waals surface area contributed by atoms with Gasteiger partial charge in [0.2, 0.25) is 0 Å². The van der Waals surface area contributed by atoms with Gasteiger partial charge < -0.3 is 20.3 Å². The van der Waals surface area contributed by atoms with E-state index in [1.54, 1.807) is 0 Å². The number of carbonyl (C=O) groups excluding carboxylic acids is 1. The highest BCUT2D eigenvalue weighted by molar-refractivity contribution is 7.84. The summed E-state index contributed by atoms with van der Waals surface area (Å²) >= 11 is 0. The van der Waals surface area contributed by atoms with Crippen LogP contribution in [0.2, 0.25) is 0 Å². The molecule has 0 radical (unpaired) electrons. The first-order valence-corrected chi connectivity index (χ1v) is 11.8. The molecule has 2 unspecified atom stereocenters. The van der Waals surface area contributed by atoms with E-state index in [9.17, 15) is 9.00 Å². The fraction of sp³-hybridized carbons (Fsp3) is 0.476. The molecular weight excluding hydrogens is 402 g/mol. The lowest BCUT2D eigenvalue weighted by Crippen LogP contribution is -2.37. The number of aromatic nitrogens is 2. The van der Waals surface area contributed by atoms with Gasteiger partial charge in [0.05, 0.1) is 29.9 Å². The van der Waals surface area contributed by atoms with Crippen molar-refractivity contribution in [1.82, 2.24) is 15.3 Å². The third-order valence-electron chi connectivity index (χ3n) is 5.71. The molecule has 5 rings (SSSR count). The van der Waals surface area contributed by atoms with E-state index in [-0.39, 0.29) is 11.3 Å². The molecule has 9 heteroatoms. The Kier molecular flexibility index (Phi) is 5.16. The summed E-state index contributed by atoms with van der Waals surface area (Å²) in [7, 11) is -0.969. The Morgan fingerprint density at radius 1 is 1.17 bits per heavy atom. The number of nitrogens with one attached hydrogen (secondary N) is 2. The summed E-state index contributed by atoms with van der Waals surface area (Å²) in [5, 5.41) is 5.70. The van der Waals surface area contributed by atoms with E-state index in [0.29, 0.717) is 30.8 Å². The third-order valence-corrected chi connectivity index (χ3v) is 7.29. The van der Waals surface area contributed by atoms with Crippen molar-refractivity contribution >= 4 is 28.3 Å². The average molecular weight is 428 g/mol. The van der Waals surface area contributed by atoms with Gasteiger partial charge in [-0.1, -0.05) is 0 Å². The van der Waals surface area contributed by atoms with Crippen LogP contribution in [0.4, 0.5) is 16.3 Å². The SMILES string of the molecule is CC1c2c(nc(-c3ccc(NC(=O)NC4CC4)cc3)nc2N2CCOCC2)CS1=O. The van der Waals surface area contributed by atoms with Crippen molar-refractivity contribution in [3.05, 3.63) is 35.5 Å². The number of hydrogen-bond acceptors (Lipinski definition) is 6. The van der Waals surface area contributed by atoms with Crippen LogP contribution in [0.25, 0.3) is 11.4 Å². The maximum Gasteiger partial charge on any atom is 0.319 e. The van der Waals surface area contributed by atoms with Gasteiger partial charge in [-0.2, -0.15) is 0 Å². The van der Waals surface area contributed by atoms with Crippen LogP contribution < -0.4 is 15.5 Å². The number of amides is 2. The predicted molar refractivity (Wildman–Crippen MR) is 116 cm³/mol. The molecule has 0 bridgehead atoms. The highest BCUT2D eigenvalue weighted by Gasteiger charge is 2.33. The quantitative estimate of drug-likeness (QED) is 0.779. The Hall–Kier alpha value is -2.52. The van der Waals surface area contributed by atoms with E-state index in [1.165, 1.54) is 0 Å². The van der Waals surface area contributed by atoms with Crippen LogP contribution in [0.3, 0.4) is 0 Å². The zero-order valence-electron chi connectivity index (χ0n) is 16.9. The fourth-order valence-corrected chi connectivity index (χ4v) is 5.09. The monoisotopic (exact) mass is 427 g/mol. The molecule has 3 aliphatic rings. The number of hydrogen-bond donors (Lipinski definition) is 2. The van der Waals surface area contributed by atoms with Crippen molar-refractivity contribution in [1.29, 1.82) is 0 Å². The van der Waals surface area contributed by atoms with Crippen molar-refractivity contribution in [3.8, 4) is 11.4 Å². The summed E-state index contributed by atoms with van der Waals surface area (Å²) in [6.45, 7) is 4.84. The van der Waals surface area contributed by atoms with Crippen molar-refractivity contribution in [2.45, 2.75) is 36.8 Å². The van der Waals surface area contributed by atoms with Crippen LogP contribution in [-0.4, -0.2) is 52.6 Å². The topological polar surface area (TPSA) is 96.4 Å². The van der Waals surface area contributed by atoms with E-state index in [1.807, 2.05) is 31.2 Å². The molecule has 2 aliphatic heterocycles. The zero-order chi connectivity index (χ0) is 20.7. The number of morpholine rings is 1. The summed E-state index contributed by atoms with van der Waals surface area (Å²) in [6.07, 6.45) is 2.10. The second-order valence-corrected chi connectivity index (χ2v) is 9.71. The minimum atomic E-state index is -0.969. The summed E-state index contributed by atoms with van der Waals surface area (Å²) in [4.78, 5) is 23.8. The first-order chi connectivity index (χ1) is 14.6. The molecule has 30 heavy (non-hydrogen) atoms. The van der Waals surface area contributed by atoms with Gasteiger partial charge in [-0.25, -0.2) is 14.8 Å². The maximum atomic E-state index is 12.5. The van der Waals surface area contributed by atoms with Crippen LogP contribution in [0, 0.1) is 0 Å².